The van der Waals surface area contributed by atoms with Gasteiger partial charge >= 0.3 is 5.97 Å². The van der Waals surface area contributed by atoms with Crippen LogP contribution in [-0.2, 0) is 4.79 Å². The molecule has 1 saturated carbocycles. The first-order chi connectivity index (χ1) is 13.6. The van der Waals surface area contributed by atoms with E-state index >= 15 is 0 Å². The van der Waals surface area contributed by atoms with E-state index in [1.54, 1.807) is 6.08 Å². The topological polar surface area (TPSA) is 37.3 Å². The highest BCUT2D eigenvalue weighted by Crippen LogP contribution is 2.39. The summed E-state index contributed by atoms with van der Waals surface area (Å²) in [4.78, 5) is 10.8. The van der Waals surface area contributed by atoms with Crippen LogP contribution in [0.2, 0.25) is 0 Å². The molecule has 0 heterocycles. The number of aliphatic carboxylic acids is 1. The Morgan fingerprint density at radius 3 is 1.93 bits per heavy atom. The van der Waals surface area contributed by atoms with Gasteiger partial charge in [0, 0.05) is 6.08 Å². The van der Waals surface area contributed by atoms with Crippen molar-refractivity contribution in [3.8, 4) is 0 Å². The molecule has 0 aliphatic heterocycles. The van der Waals surface area contributed by atoms with Gasteiger partial charge in [-0.25, -0.2) is 4.79 Å². The Morgan fingerprint density at radius 2 is 1.39 bits per heavy atom. The summed E-state index contributed by atoms with van der Waals surface area (Å²) >= 11 is 0. The maximum absolute atomic E-state index is 10.8. The first kappa shape index (κ1) is 19.6. The summed E-state index contributed by atoms with van der Waals surface area (Å²) in [6.45, 7) is 4.24. The Balaban J connectivity index is 2.09. The Labute approximate surface area is 167 Å². The second kappa shape index (κ2) is 9.18. The molecule has 2 nitrogen and oxygen atoms in total. The normalized spacial score (nSPS) is 17.4. The highest BCUT2D eigenvalue weighted by molar-refractivity contribution is 5.86. The van der Waals surface area contributed by atoms with Gasteiger partial charge in [-0.05, 0) is 61.4 Å². The van der Waals surface area contributed by atoms with Gasteiger partial charge in [0.15, 0.2) is 0 Å². The quantitative estimate of drug-likeness (QED) is 0.482. The number of benzene rings is 2. The van der Waals surface area contributed by atoms with E-state index in [4.69, 9.17) is 5.11 Å². The Bertz CT molecular complexity index is 933. The Morgan fingerprint density at radius 1 is 0.821 bits per heavy atom. The number of rotatable bonds is 4. The van der Waals surface area contributed by atoms with Crippen molar-refractivity contribution >= 4 is 17.6 Å². The molecule has 2 aromatic carbocycles. The van der Waals surface area contributed by atoms with Crippen LogP contribution >= 0.6 is 0 Å². The molecule has 0 saturated heterocycles. The molecular weight excluding hydrogens is 344 g/mol. The first-order valence-electron chi connectivity index (χ1n) is 9.67. The van der Waals surface area contributed by atoms with Crippen LogP contribution < -0.4 is 0 Å². The zero-order valence-electron chi connectivity index (χ0n) is 16.5. The molecule has 28 heavy (non-hydrogen) atoms. The molecule has 0 bridgehead atoms. The molecule has 0 spiro atoms. The predicted octanol–water partition coefficient (Wildman–Crippen LogP) is 6.66. The highest BCUT2D eigenvalue weighted by Gasteiger charge is 2.19. The number of carboxylic acids is 1. The molecule has 142 valence electrons. The Kier molecular flexibility index (Phi) is 6.44. The fourth-order valence-electron chi connectivity index (χ4n) is 3.72. The van der Waals surface area contributed by atoms with Crippen LogP contribution in [0.25, 0.3) is 11.6 Å². The minimum atomic E-state index is -0.934. The van der Waals surface area contributed by atoms with Crippen LogP contribution in [0.15, 0.2) is 89.5 Å². The number of hydrogen-bond acceptors (Lipinski definition) is 1. The number of allylic oxidation sites excluding steroid dienone is 5. The lowest BCUT2D eigenvalue weighted by atomic mass is 9.80. The second-order valence-electron chi connectivity index (χ2n) is 7.06. The molecule has 0 radical (unpaired) electrons. The second-order valence-corrected chi connectivity index (χ2v) is 7.06. The van der Waals surface area contributed by atoms with Gasteiger partial charge < -0.3 is 5.11 Å². The van der Waals surface area contributed by atoms with Crippen LogP contribution in [0.3, 0.4) is 0 Å². The highest BCUT2D eigenvalue weighted by atomic mass is 16.4. The van der Waals surface area contributed by atoms with E-state index in [1.165, 1.54) is 39.5 Å². The molecule has 0 aromatic heterocycles. The van der Waals surface area contributed by atoms with E-state index < -0.39 is 5.97 Å². The van der Waals surface area contributed by atoms with Crippen molar-refractivity contribution < 1.29 is 9.90 Å². The molecule has 0 atom stereocenters. The van der Waals surface area contributed by atoms with Gasteiger partial charge in [-0.1, -0.05) is 83.5 Å². The van der Waals surface area contributed by atoms with E-state index in [2.05, 4.69) is 62.4 Å². The fourth-order valence-corrected chi connectivity index (χ4v) is 3.72. The lowest BCUT2D eigenvalue weighted by Crippen LogP contribution is -2.05. The molecular formula is C26H26O2. The molecule has 0 amide bonds. The van der Waals surface area contributed by atoms with Crippen LogP contribution in [0.4, 0.5) is 0 Å². The van der Waals surface area contributed by atoms with Gasteiger partial charge in [-0.2, -0.15) is 0 Å². The van der Waals surface area contributed by atoms with E-state index in [-0.39, 0.29) is 0 Å². The molecule has 1 fully saturated rings. The molecule has 1 aliphatic carbocycles. The van der Waals surface area contributed by atoms with Crippen molar-refractivity contribution in [2.75, 3.05) is 0 Å². The van der Waals surface area contributed by atoms with Crippen molar-refractivity contribution in [2.24, 2.45) is 0 Å². The minimum absolute atomic E-state index is 0.885. The average molecular weight is 370 g/mol. The summed E-state index contributed by atoms with van der Waals surface area (Å²) in [6.07, 6.45) is 10.3. The van der Waals surface area contributed by atoms with Crippen molar-refractivity contribution in [3.63, 3.8) is 0 Å². The van der Waals surface area contributed by atoms with Crippen LogP contribution in [0.5, 0.6) is 0 Å². The van der Waals surface area contributed by atoms with Crippen LogP contribution in [0, 0.1) is 0 Å². The van der Waals surface area contributed by atoms with Crippen molar-refractivity contribution in [1.29, 1.82) is 0 Å². The van der Waals surface area contributed by atoms with Gasteiger partial charge in [0.25, 0.3) is 0 Å². The molecule has 1 aliphatic rings. The summed E-state index contributed by atoms with van der Waals surface area (Å²) in [5.41, 5.74) is 8.92. The largest absolute Gasteiger partial charge is 0.478 e. The van der Waals surface area contributed by atoms with Gasteiger partial charge in [0.1, 0.15) is 0 Å². The van der Waals surface area contributed by atoms with E-state index in [0.717, 1.165) is 24.8 Å². The van der Waals surface area contributed by atoms with Crippen molar-refractivity contribution in [3.05, 3.63) is 106 Å². The lowest BCUT2D eigenvalue weighted by Gasteiger charge is -2.25. The van der Waals surface area contributed by atoms with Gasteiger partial charge in [-0.15, -0.1) is 0 Å². The van der Waals surface area contributed by atoms with Crippen LogP contribution in [0.1, 0.15) is 49.8 Å². The summed E-state index contributed by atoms with van der Waals surface area (Å²) in [7, 11) is 0. The van der Waals surface area contributed by atoms with E-state index in [1.807, 2.05) is 18.2 Å². The third kappa shape index (κ3) is 4.77. The summed E-state index contributed by atoms with van der Waals surface area (Å²) < 4.78 is 0. The van der Waals surface area contributed by atoms with Gasteiger partial charge in [0.2, 0.25) is 0 Å². The van der Waals surface area contributed by atoms with Crippen LogP contribution in [-0.4, -0.2) is 11.1 Å². The number of carboxylic acid groups (broad SMARTS) is 1. The Hall–Kier alpha value is -3.13. The van der Waals surface area contributed by atoms with Crippen molar-refractivity contribution in [2.45, 2.75) is 33.1 Å². The van der Waals surface area contributed by atoms with Gasteiger partial charge in [-0.3, -0.25) is 0 Å². The summed E-state index contributed by atoms with van der Waals surface area (Å²) in [5, 5.41) is 8.83. The fraction of sp³-hybridized carbons (Fsp3) is 0.192. The minimum Gasteiger partial charge on any atom is -0.478 e. The maximum atomic E-state index is 10.8. The first-order valence-corrected chi connectivity index (χ1v) is 9.67. The molecule has 1 N–H and O–H groups in total. The average Bonchev–Trinajstić information content (AvgIpc) is 2.73. The smallest absolute Gasteiger partial charge is 0.328 e. The third-order valence-electron chi connectivity index (χ3n) is 5.19. The standard InChI is InChI=1S/C26H26O2/c1-3-19-16-20(4-2)18-24(17-19)26(22-8-6-5-7-9-22)23-13-10-21(11-14-23)12-15-25(27)28/h3-15H,16-18H2,1-2H3,(H,27,28)/b15-12+,19-3+,20-4+. The van der Waals surface area contributed by atoms with Gasteiger partial charge in [0.05, 0.1) is 0 Å². The van der Waals surface area contributed by atoms with E-state index in [0.29, 0.717) is 0 Å². The zero-order chi connectivity index (χ0) is 19.9. The monoisotopic (exact) mass is 370 g/mol. The number of carbonyl (C=O) groups is 1. The zero-order valence-corrected chi connectivity index (χ0v) is 16.5. The molecule has 2 aromatic rings. The molecule has 3 rings (SSSR count). The lowest BCUT2D eigenvalue weighted by molar-refractivity contribution is -0.131. The third-order valence-corrected chi connectivity index (χ3v) is 5.19. The summed E-state index contributed by atoms with van der Waals surface area (Å²) in [6, 6.07) is 18.7. The van der Waals surface area contributed by atoms with E-state index in [9.17, 15) is 4.79 Å². The summed E-state index contributed by atoms with van der Waals surface area (Å²) in [5.74, 6) is -0.934. The number of hydrogen-bond donors (Lipinski definition) is 1. The van der Waals surface area contributed by atoms with Crippen molar-refractivity contribution in [1.82, 2.24) is 0 Å². The predicted molar refractivity (Wildman–Crippen MR) is 117 cm³/mol. The molecule has 0 unspecified atom stereocenters. The SMILES string of the molecule is C/C=C1/CC(=C(c2ccccc2)c2ccc(/C=C/C(=O)O)cc2)C/C(=C/C)C1. The maximum Gasteiger partial charge on any atom is 0.328 e. The molecule has 2 heteroatoms.